The number of nitrogens with one attached hydrogen (secondary N) is 1. The zero-order valence-corrected chi connectivity index (χ0v) is 23.3. The molecule has 0 spiro atoms. The van der Waals surface area contributed by atoms with Crippen LogP contribution in [0.15, 0.2) is 47.2 Å². The van der Waals surface area contributed by atoms with E-state index >= 15 is 0 Å². The summed E-state index contributed by atoms with van der Waals surface area (Å²) in [4.78, 5) is 35.4. The van der Waals surface area contributed by atoms with E-state index in [1.54, 1.807) is 14.2 Å². The summed E-state index contributed by atoms with van der Waals surface area (Å²) in [5, 5.41) is 14.4. The van der Waals surface area contributed by atoms with Crippen LogP contribution >= 0.6 is 0 Å². The first-order chi connectivity index (χ1) is 18.2. The van der Waals surface area contributed by atoms with Gasteiger partial charge in [0, 0.05) is 65.4 Å². The normalized spacial score (nSPS) is 20.7. The lowest BCUT2D eigenvalue weighted by atomic mass is 9.90. The second-order valence-electron chi connectivity index (χ2n) is 10.7. The van der Waals surface area contributed by atoms with Crippen molar-refractivity contribution in [1.82, 2.24) is 20.0 Å². The van der Waals surface area contributed by atoms with Crippen LogP contribution in [0.1, 0.15) is 50.5 Å². The van der Waals surface area contributed by atoms with Crippen LogP contribution in [0, 0.1) is 0 Å². The number of aliphatic hydroxyl groups is 1. The Balaban J connectivity index is 1.43. The molecule has 2 saturated heterocycles. The van der Waals surface area contributed by atoms with Gasteiger partial charge in [0.1, 0.15) is 5.82 Å². The predicted octanol–water partition coefficient (Wildman–Crippen LogP) is 2.23. The van der Waals surface area contributed by atoms with E-state index in [0.29, 0.717) is 50.8 Å². The second-order valence-corrected chi connectivity index (χ2v) is 10.7. The molecule has 2 N–H and O–H groups in total. The summed E-state index contributed by atoms with van der Waals surface area (Å²) < 4.78 is 5.31. The van der Waals surface area contributed by atoms with E-state index in [2.05, 4.69) is 28.9 Å². The van der Waals surface area contributed by atoms with Crippen molar-refractivity contribution in [1.29, 1.82) is 0 Å². The Bertz CT molecular complexity index is 946. The number of likely N-dealkylation sites (tertiary alicyclic amines) is 2. The van der Waals surface area contributed by atoms with Crippen LogP contribution in [0.3, 0.4) is 0 Å². The van der Waals surface area contributed by atoms with Crippen molar-refractivity contribution in [2.24, 2.45) is 4.99 Å². The highest BCUT2D eigenvalue weighted by molar-refractivity contribution is 5.88. The van der Waals surface area contributed by atoms with E-state index in [1.807, 2.05) is 35.2 Å². The van der Waals surface area contributed by atoms with Gasteiger partial charge in [0.05, 0.1) is 12.2 Å². The molecule has 0 bridgehead atoms. The van der Waals surface area contributed by atoms with Gasteiger partial charge in [-0.3, -0.25) is 14.5 Å². The highest BCUT2D eigenvalue weighted by atomic mass is 16.5. The topological polar surface area (TPSA) is 97.7 Å². The summed E-state index contributed by atoms with van der Waals surface area (Å²) in [7, 11) is 3.41. The first-order valence-corrected chi connectivity index (χ1v) is 13.7. The summed E-state index contributed by atoms with van der Waals surface area (Å²) in [6.45, 7) is 10.1. The highest BCUT2D eigenvalue weighted by Crippen LogP contribution is 2.26. The molecule has 9 nitrogen and oxygen atoms in total. The van der Waals surface area contributed by atoms with Crippen molar-refractivity contribution in [2.45, 2.75) is 56.6 Å². The maximum absolute atomic E-state index is 12.8. The van der Waals surface area contributed by atoms with Gasteiger partial charge in [-0.15, -0.1) is 0 Å². The van der Waals surface area contributed by atoms with Crippen molar-refractivity contribution in [2.75, 3.05) is 60.0 Å². The van der Waals surface area contributed by atoms with Crippen LogP contribution in [0.5, 0.6) is 0 Å². The highest BCUT2D eigenvalue weighted by Gasteiger charge is 2.36. The lowest BCUT2D eigenvalue weighted by Crippen LogP contribution is -2.52. The lowest BCUT2D eigenvalue weighted by molar-refractivity contribution is -0.139. The van der Waals surface area contributed by atoms with E-state index in [4.69, 9.17) is 4.74 Å². The average molecular weight is 528 g/mol. The lowest BCUT2D eigenvalue weighted by Gasteiger charge is -2.40. The number of nitrogens with zero attached hydrogens (tertiary/aromatic N) is 4. The maximum atomic E-state index is 12.8. The second kappa shape index (κ2) is 14.4. The van der Waals surface area contributed by atoms with Gasteiger partial charge in [-0.2, -0.15) is 0 Å². The molecular formula is C29H45N5O4. The van der Waals surface area contributed by atoms with Crippen molar-refractivity contribution in [3.63, 3.8) is 0 Å². The Kier molecular flexibility index (Phi) is 11.3. The number of hydrogen-bond acceptors (Lipinski definition) is 7. The summed E-state index contributed by atoms with van der Waals surface area (Å²) in [5.41, 5.74) is 0.123. The predicted molar refractivity (Wildman–Crippen MR) is 150 cm³/mol. The summed E-state index contributed by atoms with van der Waals surface area (Å²) in [5.74, 6) is 0.417. The van der Waals surface area contributed by atoms with Gasteiger partial charge in [0.25, 0.3) is 0 Å². The largest absolute Gasteiger partial charge is 0.388 e. The minimum atomic E-state index is -1.03. The summed E-state index contributed by atoms with van der Waals surface area (Å²) in [6, 6.07) is 10.5. The van der Waals surface area contributed by atoms with E-state index in [0.717, 1.165) is 31.7 Å². The Hall–Kier alpha value is -2.75. The molecule has 0 radical (unpaired) electrons. The molecule has 3 rings (SSSR count). The Labute approximate surface area is 227 Å². The minimum Gasteiger partial charge on any atom is -0.388 e. The average Bonchev–Trinajstić information content (AvgIpc) is 3.35. The maximum Gasteiger partial charge on any atom is 0.250 e. The third kappa shape index (κ3) is 8.64. The number of piperidine rings is 1. The monoisotopic (exact) mass is 527 g/mol. The molecular weight excluding hydrogens is 482 g/mol. The Morgan fingerprint density at radius 2 is 2.00 bits per heavy atom. The minimum absolute atomic E-state index is 0.103. The van der Waals surface area contributed by atoms with E-state index in [1.165, 1.54) is 17.4 Å². The molecule has 2 aliphatic rings. The first kappa shape index (κ1) is 29.8. The van der Waals surface area contributed by atoms with Gasteiger partial charge in [0.2, 0.25) is 11.8 Å². The number of aliphatic imine (C=N–C) groups is 1. The van der Waals surface area contributed by atoms with Crippen molar-refractivity contribution >= 4 is 18.5 Å². The molecule has 0 aromatic heterocycles. The number of rotatable bonds is 13. The summed E-state index contributed by atoms with van der Waals surface area (Å²) in [6.07, 6.45) is 5.05. The van der Waals surface area contributed by atoms with Crippen molar-refractivity contribution in [3.05, 3.63) is 47.8 Å². The Morgan fingerprint density at radius 1 is 1.29 bits per heavy atom. The summed E-state index contributed by atoms with van der Waals surface area (Å²) >= 11 is 0. The molecule has 1 aromatic carbocycles. The van der Waals surface area contributed by atoms with E-state index < -0.39 is 5.60 Å². The number of carbonyl (C=O) groups excluding carboxylic acids is 2. The van der Waals surface area contributed by atoms with Gasteiger partial charge < -0.3 is 25.0 Å². The number of methoxy groups -OCH3 is 1. The molecule has 1 aromatic rings. The molecule has 38 heavy (non-hydrogen) atoms. The molecule has 9 heteroatoms. The van der Waals surface area contributed by atoms with E-state index in [-0.39, 0.29) is 24.3 Å². The fourth-order valence-electron chi connectivity index (χ4n) is 5.42. The molecule has 0 saturated carbocycles. The van der Waals surface area contributed by atoms with Crippen molar-refractivity contribution < 1.29 is 19.4 Å². The molecule has 2 atom stereocenters. The number of carbonyl (C=O) groups is 2. The third-order valence-corrected chi connectivity index (χ3v) is 7.80. The smallest absolute Gasteiger partial charge is 0.250 e. The molecule has 2 heterocycles. The van der Waals surface area contributed by atoms with Crippen LogP contribution in [-0.4, -0.2) is 110 Å². The van der Waals surface area contributed by atoms with Gasteiger partial charge in [-0.05, 0) is 50.4 Å². The fraction of sp³-hybridized carbons (Fsp3) is 0.621. The van der Waals surface area contributed by atoms with Crippen LogP contribution in [0.4, 0.5) is 0 Å². The Morgan fingerprint density at radius 3 is 2.66 bits per heavy atom. The van der Waals surface area contributed by atoms with E-state index in [9.17, 15) is 14.7 Å². The standard InChI is InChI=1S/C29H45N5O4/c1-23(24-9-6-5-7-10-24)19-28(36)34-16-12-29(37,13-17-34)22-32(3)27(35)20-26(30-2)31-14-18-33-15-8-11-25(33)21-38-4/h5-7,9-10,20,23,25,31,37H,2,8,11-19,21-22H2,1,3-4H3/b26-20+/t23-,25-/m1/s1. The number of benzene rings is 1. The molecule has 2 amide bonds. The van der Waals surface area contributed by atoms with Gasteiger partial charge in [-0.1, -0.05) is 37.3 Å². The zero-order valence-electron chi connectivity index (χ0n) is 23.3. The SMILES string of the molecule is C=N/C(=C\C(=O)N(C)CC1(O)CCN(C(=O)C[C@@H](C)c2ccccc2)CC1)NCCN1CCC[C@@H]1COC. The van der Waals surface area contributed by atoms with Crippen molar-refractivity contribution in [3.8, 4) is 0 Å². The molecule has 0 aliphatic carbocycles. The molecule has 210 valence electrons. The molecule has 2 fully saturated rings. The van der Waals surface area contributed by atoms with Gasteiger partial charge in [-0.25, -0.2) is 4.99 Å². The number of hydrogen-bond donors (Lipinski definition) is 2. The number of likely N-dealkylation sites (N-methyl/N-ethyl adjacent to an activating group) is 1. The van der Waals surface area contributed by atoms with Crippen LogP contribution in [0.25, 0.3) is 0 Å². The van der Waals surface area contributed by atoms with Crippen LogP contribution in [0.2, 0.25) is 0 Å². The quantitative estimate of drug-likeness (QED) is 0.302. The molecule has 0 unspecified atom stereocenters. The zero-order chi connectivity index (χ0) is 27.5. The van der Waals surface area contributed by atoms with Gasteiger partial charge >= 0.3 is 0 Å². The third-order valence-electron chi connectivity index (χ3n) is 7.80. The van der Waals surface area contributed by atoms with Gasteiger partial charge in [0.15, 0.2) is 0 Å². The van der Waals surface area contributed by atoms with Crippen LogP contribution < -0.4 is 5.32 Å². The number of ether oxygens (including phenoxy) is 1. The molecule has 2 aliphatic heterocycles. The fourth-order valence-corrected chi connectivity index (χ4v) is 5.42. The number of amides is 2. The first-order valence-electron chi connectivity index (χ1n) is 13.7. The van der Waals surface area contributed by atoms with Crippen LogP contribution in [-0.2, 0) is 14.3 Å².